The molecule has 0 aromatic carbocycles. The highest BCUT2D eigenvalue weighted by Crippen LogP contribution is 2.04. The van der Waals surface area contributed by atoms with Gasteiger partial charge in [0.2, 0.25) is 0 Å². The SMILES string of the molecule is CCC=C(C)CN1CCCOCC1. The Balaban J connectivity index is 2.29. The third kappa shape index (κ3) is 4.44. The van der Waals surface area contributed by atoms with Gasteiger partial charge in [0.15, 0.2) is 0 Å². The van der Waals surface area contributed by atoms with Gasteiger partial charge in [-0.05, 0) is 19.8 Å². The van der Waals surface area contributed by atoms with Gasteiger partial charge in [-0.3, -0.25) is 4.90 Å². The number of nitrogens with zero attached hydrogens (tertiary/aromatic N) is 1. The summed E-state index contributed by atoms with van der Waals surface area (Å²) >= 11 is 0. The molecule has 76 valence electrons. The third-order valence-electron chi connectivity index (χ3n) is 2.34. The van der Waals surface area contributed by atoms with Crippen LogP contribution in [0.2, 0.25) is 0 Å². The summed E-state index contributed by atoms with van der Waals surface area (Å²) in [5.74, 6) is 0. The lowest BCUT2D eigenvalue weighted by Crippen LogP contribution is -2.28. The van der Waals surface area contributed by atoms with E-state index in [1.807, 2.05) is 0 Å². The summed E-state index contributed by atoms with van der Waals surface area (Å²) < 4.78 is 5.41. The number of ether oxygens (including phenoxy) is 1. The lowest BCUT2D eigenvalue weighted by atomic mass is 10.2. The maximum atomic E-state index is 5.41. The summed E-state index contributed by atoms with van der Waals surface area (Å²) in [7, 11) is 0. The van der Waals surface area contributed by atoms with Crippen molar-refractivity contribution in [2.75, 3.05) is 32.8 Å². The average Bonchev–Trinajstić information content (AvgIpc) is 2.33. The van der Waals surface area contributed by atoms with Crippen LogP contribution in [0.4, 0.5) is 0 Å². The van der Waals surface area contributed by atoms with Crippen molar-refractivity contribution in [3.05, 3.63) is 11.6 Å². The molecule has 0 saturated carbocycles. The first kappa shape index (κ1) is 10.7. The summed E-state index contributed by atoms with van der Waals surface area (Å²) in [4.78, 5) is 2.48. The summed E-state index contributed by atoms with van der Waals surface area (Å²) in [6.07, 6.45) is 4.64. The van der Waals surface area contributed by atoms with Crippen molar-refractivity contribution in [2.24, 2.45) is 0 Å². The van der Waals surface area contributed by atoms with Gasteiger partial charge >= 0.3 is 0 Å². The van der Waals surface area contributed by atoms with E-state index >= 15 is 0 Å². The van der Waals surface area contributed by atoms with Gasteiger partial charge < -0.3 is 4.74 Å². The second kappa shape index (κ2) is 6.17. The molecule has 0 aromatic heterocycles. The number of rotatable bonds is 3. The zero-order valence-electron chi connectivity index (χ0n) is 8.88. The molecule has 1 fully saturated rings. The topological polar surface area (TPSA) is 12.5 Å². The Bertz CT molecular complexity index is 157. The van der Waals surface area contributed by atoms with Crippen LogP contribution in [0, 0.1) is 0 Å². The maximum absolute atomic E-state index is 5.41. The van der Waals surface area contributed by atoms with Crippen LogP contribution in [0.3, 0.4) is 0 Å². The highest BCUT2D eigenvalue weighted by molar-refractivity contribution is 5.00. The van der Waals surface area contributed by atoms with Crippen molar-refractivity contribution in [2.45, 2.75) is 26.7 Å². The van der Waals surface area contributed by atoms with E-state index in [1.54, 1.807) is 0 Å². The van der Waals surface area contributed by atoms with Gasteiger partial charge in [-0.1, -0.05) is 18.6 Å². The maximum Gasteiger partial charge on any atom is 0.0593 e. The van der Waals surface area contributed by atoms with E-state index in [4.69, 9.17) is 4.74 Å². The molecule has 1 aliphatic heterocycles. The third-order valence-corrected chi connectivity index (χ3v) is 2.34. The molecular formula is C11H21NO. The summed E-state index contributed by atoms with van der Waals surface area (Å²) in [5.41, 5.74) is 1.49. The average molecular weight is 183 g/mol. The summed E-state index contributed by atoms with van der Waals surface area (Å²) in [5, 5.41) is 0. The minimum atomic E-state index is 0.902. The zero-order chi connectivity index (χ0) is 9.52. The van der Waals surface area contributed by atoms with Crippen LogP contribution < -0.4 is 0 Å². The van der Waals surface area contributed by atoms with E-state index in [0.717, 1.165) is 32.7 Å². The molecule has 0 radical (unpaired) electrons. The van der Waals surface area contributed by atoms with Crippen molar-refractivity contribution in [1.29, 1.82) is 0 Å². The quantitative estimate of drug-likeness (QED) is 0.621. The van der Waals surface area contributed by atoms with Crippen molar-refractivity contribution in [1.82, 2.24) is 4.90 Å². The van der Waals surface area contributed by atoms with Crippen molar-refractivity contribution < 1.29 is 4.74 Å². The highest BCUT2D eigenvalue weighted by atomic mass is 16.5. The molecule has 0 unspecified atom stereocenters. The van der Waals surface area contributed by atoms with E-state index in [2.05, 4.69) is 24.8 Å². The monoisotopic (exact) mass is 183 g/mol. The number of allylic oxidation sites excluding steroid dienone is 1. The Morgan fingerprint density at radius 2 is 2.23 bits per heavy atom. The molecule has 0 aliphatic carbocycles. The normalized spacial score (nSPS) is 21.5. The van der Waals surface area contributed by atoms with Crippen LogP contribution in [-0.2, 0) is 4.74 Å². The molecule has 0 amide bonds. The Labute approximate surface area is 81.6 Å². The lowest BCUT2D eigenvalue weighted by molar-refractivity contribution is 0.143. The van der Waals surface area contributed by atoms with Gasteiger partial charge in [-0.15, -0.1) is 0 Å². The minimum Gasteiger partial charge on any atom is -0.380 e. The first-order valence-electron chi connectivity index (χ1n) is 5.28. The van der Waals surface area contributed by atoms with Crippen LogP contribution >= 0.6 is 0 Å². The Morgan fingerprint density at radius 1 is 1.38 bits per heavy atom. The fourth-order valence-electron chi connectivity index (χ4n) is 1.72. The second-order valence-electron chi connectivity index (χ2n) is 3.70. The molecule has 0 aromatic rings. The van der Waals surface area contributed by atoms with Crippen molar-refractivity contribution in [3.8, 4) is 0 Å². The fraction of sp³-hybridized carbons (Fsp3) is 0.818. The van der Waals surface area contributed by atoms with Gasteiger partial charge in [-0.2, -0.15) is 0 Å². The summed E-state index contributed by atoms with van der Waals surface area (Å²) in [6, 6.07) is 0. The first-order chi connectivity index (χ1) is 6.33. The van der Waals surface area contributed by atoms with E-state index in [-0.39, 0.29) is 0 Å². The van der Waals surface area contributed by atoms with Gasteiger partial charge in [0.05, 0.1) is 6.61 Å². The number of hydrogen-bond donors (Lipinski definition) is 0. The minimum absolute atomic E-state index is 0.902. The van der Waals surface area contributed by atoms with Crippen LogP contribution in [0.1, 0.15) is 26.7 Å². The molecule has 1 heterocycles. The molecule has 13 heavy (non-hydrogen) atoms. The molecule has 2 nitrogen and oxygen atoms in total. The molecule has 0 N–H and O–H groups in total. The van der Waals surface area contributed by atoms with Crippen LogP contribution in [0.5, 0.6) is 0 Å². The van der Waals surface area contributed by atoms with Crippen LogP contribution in [0.25, 0.3) is 0 Å². The Kier molecular flexibility index (Phi) is 5.09. The molecule has 1 saturated heterocycles. The zero-order valence-corrected chi connectivity index (χ0v) is 8.88. The first-order valence-corrected chi connectivity index (χ1v) is 5.28. The van der Waals surface area contributed by atoms with Crippen molar-refractivity contribution >= 4 is 0 Å². The van der Waals surface area contributed by atoms with Crippen molar-refractivity contribution in [3.63, 3.8) is 0 Å². The van der Waals surface area contributed by atoms with Gasteiger partial charge in [0, 0.05) is 26.2 Å². The smallest absolute Gasteiger partial charge is 0.0593 e. The predicted molar refractivity (Wildman–Crippen MR) is 55.9 cm³/mol. The van der Waals surface area contributed by atoms with Crippen LogP contribution in [-0.4, -0.2) is 37.7 Å². The van der Waals surface area contributed by atoms with Gasteiger partial charge in [0.25, 0.3) is 0 Å². The molecule has 0 bridgehead atoms. The predicted octanol–water partition coefficient (Wildman–Crippen LogP) is 2.06. The largest absolute Gasteiger partial charge is 0.380 e. The van der Waals surface area contributed by atoms with Gasteiger partial charge in [-0.25, -0.2) is 0 Å². The molecule has 2 heteroatoms. The lowest BCUT2D eigenvalue weighted by Gasteiger charge is -2.19. The highest BCUT2D eigenvalue weighted by Gasteiger charge is 2.08. The molecular weight excluding hydrogens is 162 g/mol. The standard InChI is InChI=1S/C11H21NO/c1-3-5-11(2)10-12-6-4-8-13-9-7-12/h5H,3-4,6-10H2,1-2H3. The second-order valence-corrected chi connectivity index (χ2v) is 3.70. The van der Waals surface area contributed by atoms with E-state index in [9.17, 15) is 0 Å². The fourth-order valence-corrected chi connectivity index (χ4v) is 1.72. The van der Waals surface area contributed by atoms with Crippen LogP contribution in [0.15, 0.2) is 11.6 Å². The van der Waals surface area contributed by atoms with Gasteiger partial charge in [0.1, 0.15) is 0 Å². The van der Waals surface area contributed by atoms with E-state index in [0.29, 0.717) is 0 Å². The molecule has 1 aliphatic rings. The molecule has 1 rings (SSSR count). The molecule has 0 spiro atoms. The number of hydrogen-bond acceptors (Lipinski definition) is 2. The molecule has 0 atom stereocenters. The van der Waals surface area contributed by atoms with E-state index < -0.39 is 0 Å². The van der Waals surface area contributed by atoms with E-state index in [1.165, 1.54) is 18.5 Å². The summed E-state index contributed by atoms with van der Waals surface area (Å²) in [6.45, 7) is 9.65. The Hall–Kier alpha value is -0.340. The Morgan fingerprint density at radius 3 is 3.00 bits per heavy atom.